The van der Waals surface area contributed by atoms with E-state index in [0.29, 0.717) is 0 Å². The van der Waals surface area contributed by atoms with Gasteiger partial charge in [-0.15, -0.1) is 0 Å². The molecule has 4 atom stereocenters. The van der Waals surface area contributed by atoms with E-state index in [1.807, 2.05) is 13.0 Å². The Morgan fingerprint density at radius 3 is 2.26 bits per heavy atom. The molecule has 27 heavy (non-hydrogen) atoms. The van der Waals surface area contributed by atoms with Gasteiger partial charge in [0, 0.05) is 0 Å². The summed E-state index contributed by atoms with van der Waals surface area (Å²) in [6.07, 6.45) is 4.09. The molecule has 0 aliphatic carbocycles. The fourth-order valence-corrected chi connectivity index (χ4v) is 2.81. The summed E-state index contributed by atoms with van der Waals surface area (Å²) in [5.74, 6) is 0.794. The van der Waals surface area contributed by atoms with E-state index in [9.17, 15) is 20.1 Å². The number of rotatable bonds is 16. The van der Waals surface area contributed by atoms with Crippen LogP contribution >= 0.6 is 0 Å². The maximum absolute atomic E-state index is 11.7. The standard InChI is InChI=1S/C21H40O6/c1-15(2)7-5-8-16(3)9-6-10-17(4)11-12-27-14-19(24)21(26)20(25)18(23)13-22/h11,15-16,18,20-23,25-26H,5-10,12-14H2,1-4H3/b17-11+/t16?,18-,20+,21+/m1/s1. The van der Waals surface area contributed by atoms with Crippen LogP contribution in [0.3, 0.4) is 0 Å². The quantitative estimate of drug-likeness (QED) is 0.239. The summed E-state index contributed by atoms with van der Waals surface area (Å²) in [5, 5.41) is 37.0. The van der Waals surface area contributed by atoms with Crippen LogP contribution in [0.5, 0.6) is 0 Å². The van der Waals surface area contributed by atoms with Crippen LogP contribution in [-0.4, -0.2) is 64.3 Å². The topological polar surface area (TPSA) is 107 Å². The number of carbonyl (C=O) groups excluding carboxylic acids is 1. The van der Waals surface area contributed by atoms with Gasteiger partial charge in [-0.2, -0.15) is 0 Å². The molecule has 0 bridgehead atoms. The van der Waals surface area contributed by atoms with Crippen LogP contribution in [0.25, 0.3) is 0 Å². The highest BCUT2D eigenvalue weighted by atomic mass is 16.5. The SMILES string of the molecule is C/C(=C\COCC(=O)[C@H](O)[C@@H](O)[C@H](O)CO)CCCC(C)CCCC(C)C. The van der Waals surface area contributed by atoms with Gasteiger partial charge in [0.1, 0.15) is 24.9 Å². The molecule has 0 spiro atoms. The molecular formula is C21H40O6. The normalized spacial score (nSPS) is 17.0. The third-order valence-electron chi connectivity index (χ3n) is 4.78. The molecule has 0 aromatic heterocycles. The van der Waals surface area contributed by atoms with Crippen LogP contribution < -0.4 is 0 Å². The second-order valence-corrected chi connectivity index (χ2v) is 8.04. The van der Waals surface area contributed by atoms with Gasteiger partial charge in [-0.1, -0.05) is 58.1 Å². The Hall–Kier alpha value is -0.790. The van der Waals surface area contributed by atoms with Crippen molar-refractivity contribution in [1.29, 1.82) is 0 Å². The summed E-state index contributed by atoms with van der Waals surface area (Å²) in [6, 6.07) is 0. The van der Waals surface area contributed by atoms with Gasteiger partial charge in [-0.25, -0.2) is 0 Å². The molecule has 4 N–H and O–H groups in total. The number of Topliss-reactive ketones (excluding diaryl/α,β-unsaturated/α-hetero) is 1. The average Bonchev–Trinajstić information content (AvgIpc) is 2.62. The highest BCUT2D eigenvalue weighted by Crippen LogP contribution is 2.19. The van der Waals surface area contributed by atoms with Gasteiger partial charge in [0.2, 0.25) is 0 Å². The Bertz CT molecular complexity index is 421. The van der Waals surface area contributed by atoms with Gasteiger partial charge in [0.25, 0.3) is 0 Å². The monoisotopic (exact) mass is 388 g/mol. The zero-order valence-electron chi connectivity index (χ0n) is 17.4. The molecule has 0 saturated carbocycles. The first kappa shape index (κ1) is 26.2. The molecule has 160 valence electrons. The summed E-state index contributed by atoms with van der Waals surface area (Å²) in [7, 11) is 0. The molecule has 0 fully saturated rings. The van der Waals surface area contributed by atoms with Crippen molar-refractivity contribution < 1.29 is 30.0 Å². The number of aliphatic hydroxyl groups excluding tert-OH is 4. The lowest BCUT2D eigenvalue weighted by Gasteiger charge is -2.20. The summed E-state index contributed by atoms with van der Waals surface area (Å²) in [6.45, 7) is 8.03. The highest BCUT2D eigenvalue weighted by Gasteiger charge is 2.29. The summed E-state index contributed by atoms with van der Waals surface area (Å²) in [5.41, 5.74) is 1.20. The van der Waals surface area contributed by atoms with Crippen molar-refractivity contribution in [2.45, 2.75) is 84.5 Å². The highest BCUT2D eigenvalue weighted by molar-refractivity contribution is 5.84. The minimum absolute atomic E-state index is 0.257. The van der Waals surface area contributed by atoms with Crippen molar-refractivity contribution in [3.8, 4) is 0 Å². The Morgan fingerprint density at radius 1 is 1.04 bits per heavy atom. The number of ether oxygens (including phenoxy) is 1. The molecular weight excluding hydrogens is 348 g/mol. The lowest BCUT2D eigenvalue weighted by molar-refractivity contribution is -0.144. The minimum Gasteiger partial charge on any atom is -0.394 e. The number of aliphatic hydroxyl groups is 4. The summed E-state index contributed by atoms with van der Waals surface area (Å²) < 4.78 is 5.21. The Balaban J connectivity index is 3.91. The molecule has 0 aromatic carbocycles. The van der Waals surface area contributed by atoms with E-state index in [2.05, 4.69) is 20.8 Å². The second-order valence-electron chi connectivity index (χ2n) is 8.04. The van der Waals surface area contributed by atoms with E-state index in [-0.39, 0.29) is 13.2 Å². The van der Waals surface area contributed by atoms with Crippen molar-refractivity contribution in [3.63, 3.8) is 0 Å². The van der Waals surface area contributed by atoms with Crippen LogP contribution in [0.1, 0.15) is 66.2 Å². The molecule has 6 heteroatoms. The van der Waals surface area contributed by atoms with Gasteiger partial charge in [-0.3, -0.25) is 4.79 Å². The zero-order valence-corrected chi connectivity index (χ0v) is 17.4. The van der Waals surface area contributed by atoms with E-state index in [4.69, 9.17) is 9.84 Å². The van der Waals surface area contributed by atoms with E-state index in [0.717, 1.165) is 24.7 Å². The number of allylic oxidation sites excluding steroid dienone is 1. The summed E-state index contributed by atoms with van der Waals surface area (Å²) in [4.78, 5) is 11.7. The van der Waals surface area contributed by atoms with E-state index >= 15 is 0 Å². The molecule has 0 aliphatic rings. The third kappa shape index (κ3) is 13.1. The smallest absolute Gasteiger partial charge is 0.189 e. The molecule has 0 aromatic rings. The van der Waals surface area contributed by atoms with Crippen LogP contribution in [-0.2, 0) is 9.53 Å². The molecule has 0 radical (unpaired) electrons. The van der Waals surface area contributed by atoms with Crippen LogP contribution in [0.4, 0.5) is 0 Å². The molecule has 0 amide bonds. The van der Waals surface area contributed by atoms with Crippen molar-refractivity contribution in [3.05, 3.63) is 11.6 Å². The van der Waals surface area contributed by atoms with Gasteiger partial charge >= 0.3 is 0 Å². The van der Waals surface area contributed by atoms with Crippen LogP contribution in [0.15, 0.2) is 11.6 Å². The van der Waals surface area contributed by atoms with Crippen LogP contribution in [0.2, 0.25) is 0 Å². The molecule has 0 aliphatic heterocycles. The lowest BCUT2D eigenvalue weighted by atomic mass is 9.94. The molecule has 6 nitrogen and oxygen atoms in total. The number of ketones is 1. The molecule has 0 saturated heterocycles. The molecule has 1 unspecified atom stereocenters. The molecule has 0 rings (SSSR count). The van der Waals surface area contributed by atoms with Gasteiger partial charge in [0.15, 0.2) is 5.78 Å². The number of hydrogen-bond donors (Lipinski definition) is 4. The first-order chi connectivity index (χ1) is 12.7. The Morgan fingerprint density at radius 2 is 1.67 bits per heavy atom. The predicted octanol–water partition coefficient (Wildman–Crippen LogP) is 2.23. The number of carbonyl (C=O) groups is 1. The maximum Gasteiger partial charge on any atom is 0.189 e. The fraction of sp³-hybridized carbons (Fsp3) is 0.857. The van der Waals surface area contributed by atoms with Gasteiger partial charge in [-0.05, 0) is 31.6 Å². The van der Waals surface area contributed by atoms with Gasteiger partial charge in [0.05, 0.1) is 13.2 Å². The first-order valence-electron chi connectivity index (χ1n) is 10.1. The van der Waals surface area contributed by atoms with E-state index < -0.39 is 30.7 Å². The lowest BCUT2D eigenvalue weighted by Crippen LogP contribution is -2.45. The van der Waals surface area contributed by atoms with Crippen molar-refractivity contribution >= 4 is 5.78 Å². The maximum atomic E-state index is 11.7. The largest absolute Gasteiger partial charge is 0.394 e. The first-order valence-corrected chi connectivity index (χ1v) is 10.1. The predicted molar refractivity (Wildman–Crippen MR) is 106 cm³/mol. The third-order valence-corrected chi connectivity index (χ3v) is 4.78. The van der Waals surface area contributed by atoms with Crippen molar-refractivity contribution in [2.24, 2.45) is 11.8 Å². The number of hydrogen-bond acceptors (Lipinski definition) is 6. The zero-order chi connectivity index (χ0) is 20.8. The van der Waals surface area contributed by atoms with E-state index in [1.165, 1.54) is 31.3 Å². The average molecular weight is 389 g/mol. The summed E-state index contributed by atoms with van der Waals surface area (Å²) >= 11 is 0. The Kier molecular flexibility index (Phi) is 14.7. The second kappa shape index (κ2) is 15.2. The molecule has 0 heterocycles. The van der Waals surface area contributed by atoms with Crippen molar-refractivity contribution in [1.82, 2.24) is 0 Å². The van der Waals surface area contributed by atoms with Crippen LogP contribution in [0, 0.1) is 11.8 Å². The van der Waals surface area contributed by atoms with Gasteiger partial charge < -0.3 is 25.2 Å². The fourth-order valence-electron chi connectivity index (χ4n) is 2.81. The minimum atomic E-state index is -1.77. The van der Waals surface area contributed by atoms with E-state index in [1.54, 1.807) is 0 Å². The Labute approximate surface area is 164 Å². The van der Waals surface area contributed by atoms with Crippen molar-refractivity contribution in [2.75, 3.05) is 19.8 Å².